The van der Waals surface area contributed by atoms with Crippen LogP contribution in [0.25, 0.3) is 0 Å². The molecule has 0 aliphatic carbocycles. The van der Waals surface area contributed by atoms with Crippen LogP contribution in [0.1, 0.15) is 23.6 Å². The van der Waals surface area contributed by atoms with Gasteiger partial charge in [-0.15, -0.1) is 11.3 Å². The first kappa shape index (κ1) is 9.49. The molecule has 2 aromatic rings. The zero-order chi connectivity index (χ0) is 9.80. The molecule has 0 amide bonds. The third-order valence-corrected chi connectivity index (χ3v) is 3.01. The smallest absolute Gasteiger partial charge is 0.120 e. The summed E-state index contributed by atoms with van der Waals surface area (Å²) < 4.78 is 5.31. The number of hydrogen-bond donors (Lipinski definition) is 1. The van der Waals surface area contributed by atoms with Crippen molar-refractivity contribution in [3.63, 3.8) is 0 Å². The van der Waals surface area contributed by atoms with Crippen LogP contribution in [0.4, 0.5) is 0 Å². The Bertz CT molecular complexity index is 353. The van der Waals surface area contributed by atoms with Crippen LogP contribution in [-0.2, 0) is 6.54 Å². The van der Waals surface area contributed by atoms with Crippen LogP contribution in [0, 0.1) is 0 Å². The summed E-state index contributed by atoms with van der Waals surface area (Å²) in [7, 11) is 0. The van der Waals surface area contributed by atoms with Gasteiger partial charge in [0.2, 0.25) is 0 Å². The average molecular weight is 207 g/mol. The highest BCUT2D eigenvalue weighted by atomic mass is 32.1. The van der Waals surface area contributed by atoms with E-state index in [4.69, 9.17) is 4.42 Å². The van der Waals surface area contributed by atoms with Crippen molar-refractivity contribution in [3.05, 3.63) is 46.5 Å². The zero-order valence-electron chi connectivity index (χ0n) is 8.07. The number of hydrogen-bond acceptors (Lipinski definition) is 3. The van der Waals surface area contributed by atoms with E-state index in [1.807, 2.05) is 12.1 Å². The van der Waals surface area contributed by atoms with Crippen LogP contribution in [0.2, 0.25) is 0 Å². The topological polar surface area (TPSA) is 25.2 Å². The van der Waals surface area contributed by atoms with Gasteiger partial charge in [-0.05, 0) is 30.5 Å². The maximum Gasteiger partial charge on any atom is 0.120 e. The van der Waals surface area contributed by atoms with E-state index in [9.17, 15) is 0 Å². The fourth-order valence-corrected chi connectivity index (χ4v) is 1.96. The molecule has 0 aromatic carbocycles. The molecule has 2 heterocycles. The quantitative estimate of drug-likeness (QED) is 0.833. The molecule has 0 aliphatic heterocycles. The lowest BCUT2D eigenvalue weighted by Crippen LogP contribution is -2.16. The Balaban J connectivity index is 1.87. The van der Waals surface area contributed by atoms with E-state index in [1.54, 1.807) is 17.6 Å². The lowest BCUT2D eigenvalue weighted by atomic mass is 10.2. The molecule has 0 fully saturated rings. The van der Waals surface area contributed by atoms with Gasteiger partial charge in [0.15, 0.2) is 0 Å². The molecule has 0 saturated heterocycles. The Kier molecular flexibility index (Phi) is 3.01. The van der Waals surface area contributed by atoms with Crippen molar-refractivity contribution in [2.75, 3.05) is 0 Å². The molecular formula is C11H13NOS. The van der Waals surface area contributed by atoms with Crippen LogP contribution >= 0.6 is 11.3 Å². The largest absolute Gasteiger partial charge is 0.468 e. The van der Waals surface area contributed by atoms with Crippen molar-refractivity contribution >= 4 is 11.3 Å². The van der Waals surface area contributed by atoms with Crippen molar-refractivity contribution in [2.24, 2.45) is 0 Å². The number of thiophene rings is 1. The Morgan fingerprint density at radius 3 is 3.00 bits per heavy atom. The maximum absolute atomic E-state index is 5.31. The van der Waals surface area contributed by atoms with Crippen LogP contribution in [0.3, 0.4) is 0 Å². The number of nitrogens with one attached hydrogen (secondary N) is 1. The van der Waals surface area contributed by atoms with E-state index < -0.39 is 0 Å². The molecule has 1 atom stereocenters. The van der Waals surface area contributed by atoms with E-state index in [0.717, 1.165) is 12.3 Å². The highest BCUT2D eigenvalue weighted by Crippen LogP contribution is 2.14. The molecule has 2 nitrogen and oxygen atoms in total. The van der Waals surface area contributed by atoms with Gasteiger partial charge >= 0.3 is 0 Å². The molecule has 1 N–H and O–H groups in total. The zero-order valence-corrected chi connectivity index (χ0v) is 8.88. The Labute approximate surface area is 87.6 Å². The summed E-state index contributed by atoms with van der Waals surface area (Å²) in [6.45, 7) is 3.01. The monoisotopic (exact) mass is 207 g/mol. The average Bonchev–Trinajstić information content (AvgIpc) is 2.87. The SMILES string of the molecule is CC(NCc1cccs1)c1ccco1. The molecule has 0 aliphatic rings. The van der Waals surface area contributed by atoms with Crippen LogP contribution in [-0.4, -0.2) is 0 Å². The Morgan fingerprint density at radius 1 is 1.43 bits per heavy atom. The van der Waals surface area contributed by atoms with Crippen molar-refractivity contribution in [1.82, 2.24) is 5.32 Å². The van der Waals surface area contributed by atoms with Gasteiger partial charge in [-0.2, -0.15) is 0 Å². The van der Waals surface area contributed by atoms with E-state index >= 15 is 0 Å². The minimum Gasteiger partial charge on any atom is -0.468 e. The van der Waals surface area contributed by atoms with Gasteiger partial charge < -0.3 is 9.73 Å². The number of furan rings is 1. The van der Waals surface area contributed by atoms with Gasteiger partial charge in [0.05, 0.1) is 12.3 Å². The normalized spacial score (nSPS) is 12.9. The molecule has 3 heteroatoms. The van der Waals surface area contributed by atoms with Crippen molar-refractivity contribution in [3.8, 4) is 0 Å². The molecule has 0 radical (unpaired) electrons. The highest BCUT2D eigenvalue weighted by Gasteiger charge is 2.06. The number of rotatable bonds is 4. The molecule has 2 aromatic heterocycles. The second-order valence-corrected chi connectivity index (χ2v) is 4.23. The summed E-state index contributed by atoms with van der Waals surface area (Å²) in [5, 5.41) is 5.50. The lowest BCUT2D eigenvalue weighted by Gasteiger charge is -2.09. The van der Waals surface area contributed by atoms with Gasteiger partial charge in [-0.1, -0.05) is 6.07 Å². The van der Waals surface area contributed by atoms with Crippen molar-refractivity contribution < 1.29 is 4.42 Å². The predicted octanol–water partition coefficient (Wildman–Crippen LogP) is 3.19. The fourth-order valence-electron chi connectivity index (χ4n) is 1.31. The molecule has 74 valence electrons. The standard InChI is InChI=1S/C11H13NOS/c1-9(11-5-2-6-13-11)12-8-10-4-3-7-14-10/h2-7,9,12H,8H2,1H3. The Morgan fingerprint density at radius 2 is 2.36 bits per heavy atom. The third kappa shape index (κ3) is 2.25. The van der Waals surface area contributed by atoms with E-state index in [0.29, 0.717) is 0 Å². The minimum absolute atomic E-state index is 0.270. The Hall–Kier alpha value is -1.06. The lowest BCUT2D eigenvalue weighted by molar-refractivity contribution is 0.431. The maximum atomic E-state index is 5.31. The van der Waals surface area contributed by atoms with Crippen LogP contribution in [0.5, 0.6) is 0 Å². The molecule has 0 spiro atoms. The third-order valence-electron chi connectivity index (χ3n) is 2.13. The molecule has 0 bridgehead atoms. The van der Waals surface area contributed by atoms with Gasteiger partial charge in [0, 0.05) is 11.4 Å². The second-order valence-electron chi connectivity index (χ2n) is 3.20. The summed E-state index contributed by atoms with van der Waals surface area (Å²) in [6.07, 6.45) is 1.71. The van der Waals surface area contributed by atoms with E-state index in [1.165, 1.54) is 4.88 Å². The minimum atomic E-state index is 0.270. The summed E-state index contributed by atoms with van der Waals surface area (Å²) in [6, 6.07) is 8.38. The molecular weight excluding hydrogens is 194 g/mol. The van der Waals surface area contributed by atoms with Crippen molar-refractivity contribution in [2.45, 2.75) is 19.5 Å². The van der Waals surface area contributed by atoms with E-state index in [2.05, 4.69) is 29.8 Å². The molecule has 14 heavy (non-hydrogen) atoms. The van der Waals surface area contributed by atoms with Crippen LogP contribution in [0.15, 0.2) is 40.3 Å². The van der Waals surface area contributed by atoms with Gasteiger partial charge in [0.1, 0.15) is 5.76 Å². The first-order valence-corrected chi connectivity index (χ1v) is 5.53. The first-order valence-electron chi connectivity index (χ1n) is 4.65. The van der Waals surface area contributed by atoms with Gasteiger partial charge in [-0.3, -0.25) is 0 Å². The first-order chi connectivity index (χ1) is 6.86. The summed E-state index contributed by atoms with van der Waals surface area (Å²) >= 11 is 1.77. The second kappa shape index (κ2) is 4.44. The van der Waals surface area contributed by atoms with Gasteiger partial charge in [-0.25, -0.2) is 0 Å². The summed E-state index contributed by atoms with van der Waals surface area (Å²) in [5.74, 6) is 0.988. The fraction of sp³-hybridized carbons (Fsp3) is 0.273. The molecule has 1 unspecified atom stereocenters. The predicted molar refractivity (Wildman–Crippen MR) is 58.3 cm³/mol. The summed E-state index contributed by atoms with van der Waals surface area (Å²) in [4.78, 5) is 1.35. The summed E-state index contributed by atoms with van der Waals surface area (Å²) in [5.41, 5.74) is 0. The van der Waals surface area contributed by atoms with E-state index in [-0.39, 0.29) is 6.04 Å². The van der Waals surface area contributed by atoms with Crippen LogP contribution < -0.4 is 5.32 Å². The highest BCUT2D eigenvalue weighted by molar-refractivity contribution is 7.09. The molecule has 0 saturated carbocycles. The van der Waals surface area contributed by atoms with Gasteiger partial charge in [0.25, 0.3) is 0 Å². The van der Waals surface area contributed by atoms with Crippen molar-refractivity contribution in [1.29, 1.82) is 0 Å². The molecule has 2 rings (SSSR count).